The summed E-state index contributed by atoms with van der Waals surface area (Å²) in [7, 11) is 3.54. The van der Waals surface area contributed by atoms with Crippen LogP contribution in [0.4, 0.5) is 0 Å². The van der Waals surface area contributed by atoms with Gasteiger partial charge in [-0.3, -0.25) is 4.79 Å². The lowest BCUT2D eigenvalue weighted by Crippen LogP contribution is -2.46. The molecule has 0 spiro atoms. The van der Waals surface area contributed by atoms with Crippen molar-refractivity contribution in [2.75, 3.05) is 27.4 Å². The highest BCUT2D eigenvalue weighted by Crippen LogP contribution is 2.30. The number of hydrogen-bond donors (Lipinski definition) is 1. The van der Waals surface area contributed by atoms with Crippen LogP contribution >= 0.6 is 0 Å². The van der Waals surface area contributed by atoms with Gasteiger partial charge in [-0.05, 0) is 19.9 Å². The molecule has 0 aromatic heterocycles. The maximum atomic E-state index is 11.6. The van der Waals surface area contributed by atoms with Gasteiger partial charge in [-0.1, -0.05) is 19.3 Å². The second-order valence-electron chi connectivity index (χ2n) is 4.48. The Morgan fingerprint density at radius 1 is 1.25 bits per heavy atom. The molecule has 1 aliphatic carbocycles. The second-order valence-corrected chi connectivity index (χ2v) is 4.48. The van der Waals surface area contributed by atoms with Crippen LogP contribution in [0.1, 0.15) is 38.5 Å². The number of carbonyl (C=O) groups excluding carboxylic acids is 1. The molecule has 0 unspecified atom stereocenters. The van der Waals surface area contributed by atoms with E-state index in [1.54, 1.807) is 7.11 Å². The van der Waals surface area contributed by atoms with Crippen molar-refractivity contribution in [1.82, 2.24) is 5.32 Å². The third-order valence-corrected chi connectivity index (χ3v) is 3.37. The van der Waals surface area contributed by atoms with E-state index in [9.17, 15) is 4.79 Å². The van der Waals surface area contributed by atoms with Crippen LogP contribution in [0.2, 0.25) is 0 Å². The van der Waals surface area contributed by atoms with Gasteiger partial charge in [0.25, 0.3) is 0 Å². The summed E-state index contributed by atoms with van der Waals surface area (Å²) in [5.41, 5.74) is -0.0254. The molecule has 0 amide bonds. The summed E-state index contributed by atoms with van der Waals surface area (Å²) in [4.78, 5) is 11.6. The first-order valence-corrected chi connectivity index (χ1v) is 6.06. The van der Waals surface area contributed by atoms with Gasteiger partial charge in [0.15, 0.2) is 0 Å². The Hall–Kier alpha value is -0.610. The van der Waals surface area contributed by atoms with E-state index in [1.807, 2.05) is 7.05 Å². The van der Waals surface area contributed by atoms with Gasteiger partial charge in [0.05, 0.1) is 13.0 Å². The third kappa shape index (κ3) is 4.10. The first-order chi connectivity index (χ1) is 7.72. The minimum Gasteiger partial charge on any atom is -0.463 e. The van der Waals surface area contributed by atoms with Gasteiger partial charge in [0.1, 0.15) is 6.61 Å². The van der Waals surface area contributed by atoms with Gasteiger partial charge in [-0.25, -0.2) is 0 Å². The highest BCUT2D eigenvalue weighted by Gasteiger charge is 2.33. The van der Waals surface area contributed by atoms with E-state index in [1.165, 1.54) is 19.3 Å². The average Bonchev–Trinajstić information content (AvgIpc) is 2.30. The highest BCUT2D eigenvalue weighted by atomic mass is 16.6. The summed E-state index contributed by atoms with van der Waals surface area (Å²) >= 11 is 0. The van der Waals surface area contributed by atoms with E-state index in [-0.39, 0.29) is 11.5 Å². The van der Waals surface area contributed by atoms with Crippen LogP contribution in [0.5, 0.6) is 0 Å². The molecule has 4 nitrogen and oxygen atoms in total. The van der Waals surface area contributed by atoms with Crippen LogP contribution in [0, 0.1) is 0 Å². The molecule has 1 N–H and O–H groups in total. The smallest absolute Gasteiger partial charge is 0.307 e. The predicted molar refractivity (Wildman–Crippen MR) is 62.3 cm³/mol. The molecule has 0 aromatic carbocycles. The number of rotatable bonds is 6. The predicted octanol–water partition coefficient (Wildman–Crippen LogP) is 1.49. The summed E-state index contributed by atoms with van der Waals surface area (Å²) in [5.74, 6) is -0.117. The van der Waals surface area contributed by atoms with Gasteiger partial charge < -0.3 is 14.8 Å². The topological polar surface area (TPSA) is 47.6 Å². The Labute approximate surface area is 97.7 Å². The molecule has 1 aliphatic rings. The summed E-state index contributed by atoms with van der Waals surface area (Å²) < 4.78 is 9.95. The number of methoxy groups -OCH3 is 1. The fourth-order valence-corrected chi connectivity index (χ4v) is 2.31. The van der Waals surface area contributed by atoms with E-state index in [0.717, 1.165) is 12.8 Å². The fourth-order valence-electron chi connectivity index (χ4n) is 2.31. The average molecular weight is 229 g/mol. The normalized spacial score (nSPS) is 19.4. The van der Waals surface area contributed by atoms with Gasteiger partial charge >= 0.3 is 5.97 Å². The molecule has 0 bridgehead atoms. The standard InChI is InChI=1S/C12H23NO3/c1-13-12(6-4-3-5-7-12)10-11(14)16-9-8-15-2/h13H,3-10H2,1-2H3. The number of nitrogens with one attached hydrogen (secondary N) is 1. The van der Waals surface area contributed by atoms with Crippen LogP contribution in [-0.4, -0.2) is 38.9 Å². The molecule has 1 fully saturated rings. The zero-order chi connectivity index (χ0) is 11.9. The van der Waals surface area contributed by atoms with Gasteiger partial charge in [-0.2, -0.15) is 0 Å². The van der Waals surface area contributed by atoms with E-state index < -0.39 is 0 Å². The molecule has 4 heteroatoms. The van der Waals surface area contributed by atoms with E-state index >= 15 is 0 Å². The van der Waals surface area contributed by atoms with Crippen molar-refractivity contribution in [1.29, 1.82) is 0 Å². The number of ether oxygens (including phenoxy) is 2. The Balaban J connectivity index is 2.33. The molecule has 1 rings (SSSR count). The zero-order valence-electron chi connectivity index (χ0n) is 10.4. The first kappa shape index (κ1) is 13.5. The monoisotopic (exact) mass is 229 g/mol. The van der Waals surface area contributed by atoms with Crippen molar-refractivity contribution in [3.8, 4) is 0 Å². The molecule has 0 radical (unpaired) electrons. The quantitative estimate of drug-likeness (QED) is 0.554. The number of carbonyl (C=O) groups is 1. The van der Waals surface area contributed by atoms with Crippen molar-refractivity contribution in [2.24, 2.45) is 0 Å². The summed E-state index contributed by atoms with van der Waals surface area (Å²) in [5, 5.41) is 3.31. The molecular weight excluding hydrogens is 206 g/mol. The van der Waals surface area contributed by atoms with Gasteiger partial charge in [-0.15, -0.1) is 0 Å². The van der Waals surface area contributed by atoms with Crippen LogP contribution in [-0.2, 0) is 14.3 Å². The molecular formula is C12H23NO3. The van der Waals surface area contributed by atoms with Crippen molar-refractivity contribution in [3.05, 3.63) is 0 Å². The van der Waals surface area contributed by atoms with Crippen LogP contribution < -0.4 is 5.32 Å². The SMILES string of the molecule is CNC1(CC(=O)OCCOC)CCCCC1. The first-order valence-electron chi connectivity index (χ1n) is 6.06. The van der Waals surface area contributed by atoms with Crippen LogP contribution in [0.25, 0.3) is 0 Å². The zero-order valence-corrected chi connectivity index (χ0v) is 10.4. The molecule has 0 atom stereocenters. The number of esters is 1. The fraction of sp³-hybridized carbons (Fsp3) is 0.917. The van der Waals surface area contributed by atoms with Crippen molar-refractivity contribution in [3.63, 3.8) is 0 Å². The summed E-state index contributed by atoms with van der Waals surface area (Å²) in [6.07, 6.45) is 6.31. The van der Waals surface area contributed by atoms with E-state index in [2.05, 4.69) is 5.32 Å². The lowest BCUT2D eigenvalue weighted by Gasteiger charge is -2.36. The molecule has 0 aromatic rings. The minimum atomic E-state index is -0.117. The Kier molecular flexibility index (Phi) is 5.77. The molecule has 0 saturated heterocycles. The van der Waals surface area contributed by atoms with Crippen LogP contribution in [0.15, 0.2) is 0 Å². The largest absolute Gasteiger partial charge is 0.463 e. The van der Waals surface area contributed by atoms with Gasteiger partial charge in [0, 0.05) is 12.6 Å². The second kappa shape index (κ2) is 6.86. The molecule has 1 saturated carbocycles. The minimum absolute atomic E-state index is 0.0254. The molecule has 0 aliphatic heterocycles. The summed E-state index contributed by atoms with van der Waals surface area (Å²) in [6, 6.07) is 0. The maximum absolute atomic E-state index is 11.6. The van der Waals surface area contributed by atoms with E-state index in [0.29, 0.717) is 19.6 Å². The maximum Gasteiger partial charge on any atom is 0.307 e. The third-order valence-electron chi connectivity index (χ3n) is 3.37. The van der Waals surface area contributed by atoms with Crippen molar-refractivity contribution < 1.29 is 14.3 Å². The van der Waals surface area contributed by atoms with Gasteiger partial charge in [0.2, 0.25) is 0 Å². The van der Waals surface area contributed by atoms with Crippen molar-refractivity contribution >= 4 is 5.97 Å². The lowest BCUT2D eigenvalue weighted by atomic mass is 9.79. The van der Waals surface area contributed by atoms with Crippen LogP contribution in [0.3, 0.4) is 0 Å². The van der Waals surface area contributed by atoms with Crippen molar-refractivity contribution in [2.45, 2.75) is 44.1 Å². The van der Waals surface area contributed by atoms with E-state index in [4.69, 9.17) is 9.47 Å². The Morgan fingerprint density at radius 3 is 2.50 bits per heavy atom. The Morgan fingerprint density at radius 2 is 1.94 bits per heavy atom. The number of hydrogen-bond acceptors (Lipinski definition) is 4. The molecule has 0 heterocycles. The Bertz CT molecular complexity index is 212. The molecule has 16 heavy (non-hydrogen) atoms. The lowest BCUT2D eigenvalue weighted by molar-refractivity contribution is -0.147. The highest BCUT2D eigenvalue weighted by molar-refractivity contribution is 5.71. The summed E-state index contributed by atoms with van der Waals surface area (Å²) in [6.45, 7) is 0.827. The molecule has 94 valence electrons.